The minimum atomic E-state index is 0.0817. The maximum absolute atomic E-state index is 12.4. The van der Waals surface area contributed by atoms with Crippen molar-refractivity contribution in [1.82, 2.24) is 15.2 Å². The lowest BCUT2D eigenvalue weighted by Crippen LogP contribution is -2.39. The van der Waals surface area contributed by atoms with Gasteiger partial charge in [0.1, 0.15) is 12.4 Å². The molecule has 0 saturated carbocycles. The third-order valence-corrected chi connectivity index (χ3v) is 4.51. The molecule has 26 heavy (non-hydrogen) atoms. The second-order valence-electron chi connectivity index (χ2n) is 6.40. The molecule has 2 heterocycles. The van der Waals surface area contributed by atoms with Crippen molar-refractivity contribution >= 4 is 12.0 Å². The number of ether oxygens (including phenoxy) is 1. The molecule has 0 aliphatic carbocycles. The first kappa shape index (κ1) is 18.1. The summed E-state index contributed by atoms with van der Waals surface area (Å²) in [7, 11) is 1.92. The molecule has 5 heteroatoms. The van der Waals surface area contributed by atoms with E-state index in [1.807, 2.05) is 60.5 Å². The second kappa shape index (κ2) is 9.15. The van der Waals surface area contributed by atoms with Crippen LogP contribution in [0.5, 0.6) is 5.75 Å². The van der Waals surface area contributed by atoms with E-state index in [2.05, 4.69) is 10.3 Å². The van der Waals surface area contributed by atoms with Gasteiger partial charge in [0.2, 0.25) is 5.91 Å². The molecular weight excluding hydrogens is 326 g/mol. The van der Waals surface area contributed by atoms with Crippen molar-refractivity contribution < 1.29 is 9.53 Å². The largest absolute Gasteiger partial charge is 0.487 e. The minimum Gasteiger partial charge on any atom is -0.487 e. The van der Waals surface area contributed by atoms with Crippen LogP contribution in [0, 0.1) is 0 Å². The zero-order valence-electron chi connectivity index (χ0n) is 15.1. The van der Waals surface area contributed by atoms with Gasteiger partial charge in [0.05, 0.1) is 5.69 Å². The first-order valence-electron chi connectivity index (χ1n) is 9.02. The number of carbonyl (C=O) groups excluding carboxylic acids is 1. The molecule has 0 radical (unpaired) electrons. The van der Waals surface area contributed by atoms with Crippen molar-refractivity contribution in [3.05, 3.63) is 66.0 Å². The predicted octanol–water partition coefficient (Wildman–Crippen LogP) is 2.88. The van der Waals surface area contributed by atoms with Crippen molar-refractivity contribution in [1.29, 1.82) is 0 Å². The minimum absolute atomic E-state index is 0.0817. The molecule has 1 amide bonds. The van der Waals surface area contributed by atoms with E-state index in [1.165, 1.54) is 0 Å². The molecule has 1 atom stereocenters. The summed E-state index contributed by atoms with van der Waals surface area (Å²) in [5.41, 5.74) is 1.87. The molecule has 1 aliphatic heterocycles. The van der Waals surface area contributed by atoms with Crippen LogP contribution in [0.25, 0.3) is 6.08 Å². The number of hydrogen-bond acceptors (Lipinski definition) is 4. The van der Waals surface area contributed by atoms with Gasteiger partial charge in [0, 0.05) is 31.4 Å². The van der Waals surface area contributed by atoms with Gasteiger partial charge in [-0.3, -0.25) is 9.78 Å². The standard InChI is InChI=1S/C21H25N3O2/c1-22-15-19-6-4-14-24(19)21(25)12-9-17-7-10-20(11-8-17)26-16-18-5-2-3-13-23-18/h2-3,5,7-13,19,22H,4,6,14-16H2,1H3. The van der Waals surface area contributed by atoms with Crippen molar-refractivity contribution in [3.63, 3.8) is 0 Å². The number of nitrogens with zero attached hydrogens (tertiary/aromatic N) is 2. The number of pyridine rings is 1. The van der Waals surface area contributed by atoms with Gasteiger partial charge in [-0.15, -0.1) is 0 Å². The highest BCUT2D eigenvalue weighted by Crippen LogP contribution is 2.18. The molecule has 1 aromatic heterocycles. The van der Waals surface area contributed by atoms with Gasteiger partial charge < -0.3 is 15.0 Å². The summed E-state index contributed by atoms with van der Waals surface area (Å²) in [4.78, 5) is 18.6. The third kappa shape index (κ3) is 4.92. The molecule has 5 nitrogen and oxygen atoms in total. The van der Waals surface area contributed by atoms with E-state index in [9.17, 15) is 4.79 Å². The van der Waals surface area contributed by atoms with E-state index in [1.54, 1.807) is 12.3 Å². The molecule has 0 bridgehead atoms. The van der Waals surface area contributed by atoms with Crippen LogP contribution in [0.2, 0.25) is 0 Å². The smallest absolute Gasteiger partial charge is 0.246 e. The fourth-order valence-electron chi connectivity index (χ4n) is 3.15. The Morgan fingerprint density at radius 2 is 2.15 bits per heavy atom. The van der Waals surface area contributed by atoms with E-state index in [0.717, 1.165) is 42.9 Å². The average molecular weight is 351 g/mol. The molecule has 1 aliphatic rings. The summed E-state index contributed by atoms with van der Waals surface area (Å²) in [5, 5.41) is 3.16. The Labute approximate surface area is 154 Å². The van der Waals surface area contributed by atoms with E-state index in [4.69, 9.17) is 4.74 Å². The molecule has 1 saturated heterocycles. The number of aromatic nitrogens is 1. The normalized spacial score (nSPS) is 17.0. The van der Waals surface area contributed by atoms with Gasteiger partial charge in [-0.1, -0.05) is 18.2 Å². The Hall–Kier alpha value is -2.66. The highest BCUT2D eigenvalue weighted by atomic mass is 16.5. The van der Waals surface area contributed by atoms with Crippen LogP contribution in [0.15, 0.2) is 54.7 Å². The number of nitrogens with one attached hydrogen (secondary N) is 1. The lowest BCUT2D eigenvalue weighted by molar-refractivity contribution is -0.126. The zero-order chi connectivity index (χ0) is 18.2. The maximum atomic E-state index is 12.4. The van der Waals surface area contributed by atoms with E-state index >= 15 is 0 Å². The fraction of sp³-hybridized carbons (Fsp3) is 0.333. The van der Waals surface area contributed by atoms with E-state index < -0.39 is 0 Å². The summed E-state index contributed by atoms with van der Waals surface area (Å²) in [6.07, 6.45) is 7.43. The molecule has 1 unspecified atom stereocenters. The molecule has 2 aromatic rings. The zero-order valence-corrected chi connectivity index (χ0v) is 15.1. The Bertz CT molecular complexity index is 729. The SMILES string of the molecule is CNCC1CCCN1C(=O)C=Cc1ccc(OCc2ccccn2)cc1. The summed E-state index contributed by atoms with van der Waals surface area (Å²) in [6.45, 7) is 2.13. The molecule has 1 N–H and O–H groups in total. The maximum Gasteiger partial charge on any atom is 0.246 e. The van der Waals surface area contributed by atoms with Gasteiger partial charge in [0.15, 0.2) is 0 Å². The van der Waals surface area contributed by atoms with Crippen LogP contribution < -0.4 is 10.1 Å². The quantitative estimate of drug-likeness (QED) is 0.780. The Balaban J connectivity index is 1.53. The molecule has 1 fully saturated rings. The van der Waals surface area contributed by atoms with Crippen LogP contribution in [0.1, 0.15) is 24.1 Å². The Morgan fingerprint density at radius 3 is 2.88 bits per heavy atom. The summed E-state index contributed by atoms with van der Waals surface area (Å²) in [5.74, 6) is 0.867. The van der Waals surface area contributed by atoms with Gasteiger partial charge in [-0.25, -0.2) is 0 Å². The molecular formula is C21H25N3O2. The number of likely N-dealkylation sites (tertiary alicyclic amines) is 1. The average Bonchev–Trinajstić information content (AvgIpc) is 3.15. The third-order valence-electron chi connectivity index (χ3n) is 4.51. The number of amides is 1. The van der Waals surface area contributed by atoms with Crippen LogP contribution in [-0.2, 0) is 11.4 Å². The number of carbonyl (C=O) groups is 1. The lowest BCUT2D eigenvalue weighted by Gasteiger charge is -2.23. The lowest BCUT2D eigenvalue weighted by atomic mass is 10.2. The number of likely N-dealkylation sites (N-methyl/N-ethyl adjacent to an activating group) is 1. The van der Waals surface area contributed by atoms with E-state index in [0.29, 0.717) is 12.6 Å². The summed E-state index contributed by atoms with van der Waals surface area (Å²) >= 11 is 0. The van der Waals surface area contributed by atoms with Gasteiger partial charge in [-0.2, -0.15) is 0 Å². The second-order valence-corrected chi connectivity index (χ2v) is 6.40. The Morgan fingerprint density at radius 1 is 1.31 bits per heavy atom. The number of benzene rings is 1. The first-order chi connectivity index (χ1) is 12.8. The summed E-state index contributed by atoms with van der Waals surface area (Å²) in [6, 6.07) is 13.8. The monoisotopic (exact) mass is 351 g/mol. The van der Waals surface area contributed by atoms with Gasteiger partial charge in [-0.05, 0) is 55.8 Å². The summed E-state index contributed by atoms with van der Waals surface area (Å²) < 4.78 is 5.73. The molecule has 136 valence electrons. The van der Waals surface area contributed by atoms with Crippen molar-refractivity contribution in [2.75, 3.05) is 20.1 Å². The highest BCUT2D eigenvalue weighted by Gasteiger charge is 2.26. The molecule has 0 spiro atoms. The first-order valence-corrected chi connectivity index (χ1v) is 9.02. The van der Waals surface area contributed by atoms with Crippen molar-refractivity contribution in [2.24, 2.45) is 0 Å². The van der Waals surface area contributed by atoms with Crippen LogP contribution >= 0.6 is 0 Å². The van der Waals surface area contributed by atoms with E-state index in [-0.39, 0.29) is 5.91 Å². The van der Waals surface area contributed by atoms with Crippen LogP contribution in [0.3, 0.4) is 0 Å². The van der Waals surface area contributed by atoms with Gasteiger partial charge >= 0.3 is 0 Å². The molecule has 1 aromatic carbocycles. The number of rotatable bonds is 7. The topological polar surface area (TPSA) is 54.5 Å². The molecule has 3 rings (SSSR count). The van der Waals surface area contributed by atoms with Crippen molar-refractivity contribution in [2.45, 2.75) is 25.5 Å². The predicted molar refractivity (Wildman–Crippen MR) is 103 cm³/mol. The Kier molecular flexibility index (Phi) is 6.39. The van der Waals surface area contributed by atoms with Gasteiger partial charge in [0.25, 0.3) is 0 Å². The van der Waals surface area contributed by atoms with Crippen molar-refractivity contribution in [3.8, 4) is 5.75 Å². The van der Waals surface area contributed by atoms with Crippen LogP contribution in [0.4, 0.5) is 0 Å². The highest BCUT2D eigenvalue weighted by molar-refractivity contribution is 5.92. The van der Waals surface area contributed by atoms with Crippen LogP contribution in [-0.4, -0.2) is 42.0 Å². The number of hydrogen-bond donors (Lipinski definition) is 1. The fourth-order valence-corrected chi connectivity index (χ4v) is 3.15.